The monoisotopic (exact) mass is 361 g/mol. The van der Waals surface area contributed by atoms with Gasteiger partial charge < -0.3 is 15.4 Å². The molecule has 0 saturated carbocycles. The lowest BCUT2D eigenvalue weighted by atomic mass is 10.2. The Morgan fingerprint density at radius 3 is 2.26 bits per heavy atom. The molecular weight excluding hydrogens is 342 g/mol. The number of hydrogen-bond donors (Lipinski definition) is 2. The molecule has 0 unspecified atom stereocenters. The Hall–Kier alpha value is -3.67. The number of hydrogen-bond acceptors (Lipinski definition) is 5. The Bertz CT molecular complexity index is 908. The van der Waals surface area contributed by atoms with Crippen LogP contribution in [0.2, 0.25) is 0 Å². The number of benzene rings is 2. The standard InChI is InChI=1S/C21H19N3O3/c1-27-21(26)16-7-10-18(11-8-16)24-19-12-9-17(14-22-19)20(25)23-13-15-5-3-2-4-6-15/h2-12,14H,13H2,1H3,(H,22,24)(H,23,25). The number of anilines is 2. The molecule has 3 rings (SSSR count). The number of rotatable bonds is 6. The van der Waals surface area contributed by atoms with Crippen LogP contribution >= 0.6 is 0 Å². The Labute approximate surface area is 157 Å². The number of amides is 1. The van der Waals surface area contributed by atoms with Gasteiger partial charge in [-0.15, -0.1) is 0 Å². The van der Waals surface area contributed by atoms with Crippen LogP contribution in [0, 0.1) is 0 Å². The zero-order chi connectivity index (χ0) is 19.1. The summed E-state index contributed by atoms with van der Waals surface area (Å²) in [4.78, 5) is 27.9. The van der Waals surface area contributed by atoms with E-state index in [1.54, 1.807) is 36.4 Å². The molecule has 0 aliphatic rings. The number of nitrogens with zero attached hydrogens (tertiary/aromatic N) is 1. The summed E-state index contributed by atoms with van der Waals surface area (Å²) in [7, 11) is 1.34. The van der Waals surface area contributed by atoms with Gasteiger partial charge in [-0.25, -0.2) is 9.78 Å². The molecule has 27 heavy (non-hydrogen) atoms. The summed E-state index contributed by atoms with van der Waals surface area (Å²) in [6.07, 6.45) is 1.52. The third-order valence-corrected chi connectivity index (χ3v) is 3.90. The summed E-state index contributed by atoms with van der Waals surface area (Å²) >= 11 is 0. The Balaban J connectivity index is 1.58. The lowest BCUT2D eigenvalue weighted by Gasteiger charge is -2.08. The van der Waals surface area contributed by atoms with Gasteiger partial charge in [-0.05, 0) is 42.0 Å². The van der Waals surface area contributed by atoms with Gasteiger partial charge in [0.2, 0.25) is 0 Å². The van der Waals surface area contributed by atoms with E-state index >= 15 is 0 Å². The molecule has 6 heteroatoms. The van der Waals surface area contributed by atoms with Crippen LogP contribution in [0.15, 0.2) is 72.9 Å². The molecule has 0 fully saturated rings. The summed E-state index contributed by atoms with van der Waals surface area (Å²) < 4.78 is 4.67. The van der Waals surface area contributed by atoms with E-state index in [-0.39, 0.29) is 11.9 Å². The molecule has 0 radical (unpaired) electrons. The molecule has 1 heterocycles. The number of carbonyl (C=O) groups excluding carboxylic acids is 2. The van der Waals surface area contributed by atoms with Crippen LogP contribution < -0.4 is 10.6 Å². The molecule has 1 amide bonds. The maximum atomic E-state index is 12.2. The summed E-state index contributed by atoms with van der Waals surface area (Å²) in [5.74, 6) is 0.0336. The van der Waals surface area contributed by atoms with Crippen LogP contribution in [0.5, 0.6) is 0 Å². The molecule has 0 spiro atoms. The topological polar surface area (TPSA) is 80.3 Å². The van der Waals surface area contributed by atoms with Gasteiger partial charge in [0.15, 0.2) is 0 Å². The van der Waals surface area contributed by atoms with Crippen LogP contribution in [-0.4, -0.2) is 24.0 Å². The fraction of sp³-hybridized carbons (Fsp3) is 0.0952. The number of nitrogens with one attached hydrogen (secondary N) is 2. The van der Waals surface area contributed by atoms with Gasteiger partial charge in [-0.1, -0.05) is 30.3 Å². The normalized spacial score (nSPS) is 10.1. The zero-order valence-electron chi connectivity index (χ0n) is 14.8. The molecule has 136 valence electrons. The quantitative estimate of drug-likeness (QED) is 0.657. The lowest BCUT2D eigenvalue weighted by Crippen LogP contribution is -2.22. The highest BCUT2D eigenvalue weighted by atomic mass is 16.5. The Kier molecular flexibility index (Phi) is 5.79. The van der Waals surface area contributed by atoms with Crippen molar-refractivity contribution in [2.45, 2.75) is 6.54 Å². The van der Waals surface area contributed by atoms with Crippen molar-refractivity contribution in [3.05, 3.63) is 89.6 Å². The van der Waals surface area contributed by atoms with Gasteiger partial charge in [0.05, 0.1) is 18.2 Å². The first-order chi connectivity index (χ1) is 13.2. The van der Waals surface area contributed by atoms with E-state index in [1.807, 2.05) is 30.3 Å². The van der Waals surface area contributed by atoms with Crippen LogP contribution in [0.3, 0.4) is 0 Å². The highest BCUT2D eigenvalue weighted by Crippen LogP contribution is 2.16. The van der Waals surface area contributed by atoms with E-state index in [1.165, 1.54) is 13.3 Å². The number of ether oxygens (including phenoxy) is 1. The molecule has 1 aromatic heterocycles. The molecule has 0 saturated heterocycles. The van der Waals surface area contributed by atoms with Crippen molar-refractivity contribution < 1.29 is 14.3 Å². The van der Waals surface area contributed by atoms with Crippen LogP contribution in [0.4, 0.5) is 11.5 Å². The van der Waals surface area contributed by atoms with Crippen molar-refractivity contribution in [2.24, 2.45) is 0 Å². The molecular formula is C21H19N3O3. The van der Waals surface area contributed by atoms with Gasteiger partial charge in [-0.3, -0.25) is 4.79 Å². The fourth-order valence-corrected chi connectivity index (χ4v) is 2.44. The largest absolute Gasteiger partial charge is 0.465 e. The zero-order valence-corrected chi connectivity index (χ0v) is 14.8. The predicted molar refractivity (Wildman–Crippen MR) is 103 cm³/mol. The number of esters is 1. The number of aromatic nitrogens is 1. The summed E-state index contributed by atoms with van der Waals surface area (Å²) in [5, 5.41) is 5.98. The lowest BCUT2D eigenvalue weighted by molar-refractivity contribution is 0.0600. The summed E-state index contributed by atoms with van der Waals surface area (Å²) in [6, 6.07) is 20.0. The van der Waals surface area contributed by atoms with Crippen LogP contribution in [0.1, 0.15) is 26.3 Å². The minimum Gasteiger partial charge on any atom is -0.465 e. The van der Waals surface area contributed by atoms with E-state index in [4.69, 9.17) is 0 Å². The summed E-state index contributed by atoms with van der Waals surface area (Å²) in [6.45, 7) is 0.465. The predicted octanol–water partition coefficient (Wildman–Crippen LogP) is 3.54. The number of pyridine rings is 1. The average Bonchev–Trinajstić information content (AvgIpc) is 2.73. The minimum atomic E-state index is -0.384. The second-order valence-electron chi connectivity index (χ2n) is 5.79. The van der Waals surface area contributed by atoms with E-state index in [0.717, 1.165) is 11.3 Å². The molecule has 6 nitrogen and oxygen atoms in total. The Morgan fingerprint density at radius 2 is 1.63 bits per heavy atom. The fourth-order valence-electron chi connectivity index (χ4n) is 2.44. The van der Waals surface area contributed by atoms with Crippen molar-refractivity contribution in [1.29, 1.82) is 0 Å². The second-order valence-corrected chi connectivity index (χ2v) is 5.79. The van der Waals surface area contributed by atoms with Crippen LogP contribution in [-0.2, 0) is 11.3 Å². The maximum Gasteiger partial charge on any atom is 0.337 e. The van der Waals surface area contributed by atoms with Crippen molar-refractivity contribution in [1.82, 2.24) is 10.3 Å². The highest BCUT2D eigenvalue weighted by Gasteiger charge is 2.07. The van der Waals surface area contributed by atoms with Crippen molar-refractivity contribution in [3.8, 4) is 0 Å². The van der Waals surface area contributed by atoms with Gasteiger partial charge in [0.25, 0.3) is 5.91 Å². The molecule has 2 N–H and O–H groups in total. The first-order valence-electron chi connectivity index (χ1n) is 8.39. The third kappa shape index (κ3) is 4.92. The number of methoxy groups -OCH3 is 1. The molecule has 0 aliphatic heterocycles. The van der Waals surface area contributed by atoms with Crippen molar-refractivity contribution >= 4 is 23.4 Å². The highest BCUT2D eigenvalue weighted by molar-refractivity contribution is 5.94. The second kappa shape index (κ2) is 8.62. The van der Waals surface area contributed by atoms with Gasteiger partial charge in [-0.2, -0.15) is 0 Å². The van der Waals surface area contributed by atoms with Crippen molar-refractivity contribution in [2.75, 3.05) is 12.4 Å². The first-order valence-corrected chi connectivity index (χ1v) is 8.39. The number of carbonyl (C=O) groups is 2. The molecule has 3 aromatic rings. The molecule has 0 atom stereocenters. The SMILES string of the molecule is COC(=O)c1ccc(Nc2ccc(C(=O)NCc3ccccc3)cn2)cc1. The van der Waals surface area contributed by atoms with E-state index in [0.29, 0.717) is 23.5 Å². The maximum absolute atomic E-state index is 12.2. The average molecular weight is 361 g/mol. The first kappa shape index (κ1) is 18.1. The third-order valence-electron chi connectivity index (χ3n) is 3.90. The van der Waals surface area contributed by atoms with E-state index in [2.05, 4.69) is 20.4 Å². The van der Waals surface area contributed by atoms with Crippen molar-refractivity contribution in [3.63, 3.8) is 0 Å². The molecule has 0 bridgehead atoms. The smallest absolute Gasteiger partial charge is 0.337 e. The molecule has 0 aliphatic carbocycles. The van der Waals surface area contributed by atoms with Gasteiger partial charge in [0, 0.05) is 18.4 Å². The van der Waals surface area contributed by atoms with E-state index in [9.17, 15) is 9.59 Å². The van der Waals surface area contributed by atoms with E-state index < -0.39 is 0 Å². The van der Waals surface area contributed by atoms with Gasteiger partial charge >= 0.3 is 5.97 Å². The summed E-state index contributed by atoms with van der Waals surface area (Å²) in [5.41, 5.74) is 2.77. The minimum absolute atomic E-state index is 0.180. The van der Waals surface area contributed by atoms with Crippen LogP contribution in [0.25, 0.3) is 0 Å². The molecule has 2 aromatic carbocycles. The Morgan fingerprint density at radius 1 is 0.926 bits per heavy atom. The van der Waals surface area contributed by atoms with Gasteiger partial charge in [0.1, 0.15) is 5.82 Å².